The Kier molecular flexibility index (Phi) is 11.3. The molecule has 7 atom stereocenters. The van der Waals surface area contributed by atoms with Crippen LogP contribution in [0, 0.1) is 0 Å². The average molecular weight is 505 g/mol. The molecule has 13 heteroatoms. The van der Waals surface area contributed by atoms with Crippen LogP contribution in [0.4, 0.5) is 0 Å². The smallest absolute Gasteiger partial charge is 0.326 e. The molecule has 0 aromatic rings. The number of ether oxygens (including phenoxy) is 1. The van der Waals surface area contributed by atoms with Gasteiger partial charge in [-0.3, -0.25) is 9.59 Å². The number of nitrogens with two attached hydrogens (primary N) is 1. The molecule has 2 rings (SSSR count). The molecule has 35 heavy (non-hydrogen) atoms. The summed E-state index contributed by atoms with van der Waals surface area (Å²) in [6.45, 7) is 2.30. The van der Waals surface area contributed by atoms with E-state index in [1.54, 1.807) is 0 Å². The monoisotopic (exact) mass is 504 g/mol. The summed E-state index contributed by atoms with van der Waals surface area (Å²) < 4.78 is 5.33. The molecule has 0 aliphatic carbocycles. The van der Waals surface area contributed by atoms with E-state index < -0.39 is 66.6 Å². The van der Waals surface area contributed by atoms with Gasteiger partial charge in [-0.2, -0.15) is 0 Å². The maximum absolute atomic E-state index is 12.5. The van der Waals surface area contributed by atoms with E-state index in [4.69, 9.17) is 10.5 Å². The molecule has 0 saturated carbocycles. The molecule has 2 fully saturated rings. The Morgan fingerprint density at radius 2 is 1.94 bits per heavy atom. The molecule has 7 unspecified atom stereocenters. The van der Waals surface area contributed by atoms with Gasteiger partial charge in [0.2, 0.25) is 11.8 Å². The van der Waals surface area contributed by atoms with Gasteiger partial charge in [0, 0.05) is 25.9 Å². The fraction of sp³-hybridized carbons (Fsp3) is 0.864. The topological polar surface area (TPSA) is 215 Å². The van der Waals surface area contributed by atoms with E-state index in [0.29, 0.717) is 51.7 Å². The van der Waals surface area contributed by atoms with Crippen LogP contribution < -0.4 is 16.4 Å². The molecule has 13 nitrogen and oxygen atoms in total. The molecule has 0 aromatic heterocycles. The number of nitrogens with one attached hydrogen (secondary N) is 2. The van der Waals surface area contributed by atoms with Gasteiger partial charge in [0.25, 0.3) is 0 Å². The number of rotatable bonds is 13. The first kappa shape index (κ1) is 29.4. The Morgan fingerprint density at radius 1 is 1.23 bits per heavy atom. The van der Waals surface area contributed by atoms with Crippen molar-refractivity contribution in [1.29, 1.82) is 0 Å². The first-order valence-electron chi connectivity index (χ1n) is 12.2. The number of amides is 2. The number of aliphatic hydroxyl groups is 4. The van der Waals surface area contributed by atoms with E-state index in [-0.39, 0.29) is 12.8 Å². The highest BCUT2D eigenvalue weighted by Gasteiger charge is 2.44. The molecule has 0 bridgehead atoms. The molecular weight excluding hydrogens is 464 g/mol. The minimum absolute atomic E-state index is 0.154. The molecule has 202 valence electrons. The second-order valence-electron chi connectivity index (χ2n) is 9.41. The van der Waals surface area contributed by atoms with Crippen LogP contribution in [0.5, 0.6) is 0 Å². The lowest BCUT2D eigenvalue weighted by Crippen LogP contribution is -2.56. The Bertz CT molecular complexity index is 727. The molecule has 2 aliphatic heterocycles. The summed E-state index contributed by atoms with van der Waals surface area (Å²) in [5, 5.41) is 54.2. The predicted molar refractivity (Wildman–Crippen MR) is 123 cm³/mol. The minimum atomic E-state index is -1.65. The molecule has 2 amide bonds. The number of hydrogen-bond acceptors (Lipinski definition) is 10. The molecular formula is C22H40N4O9. The van der Waals surface area contributed by atoms with Gasteiger partial charge in [-0.1, -0.05) is 6.42 Å². The maximum Gasteiger partial charge on any atom is 0.326 e. The first-order chi connectivity index (χ1) is 16.5. The van der Waals surface area contributed by atoms with Crippen LogP contribution in [0.25, 0.3) is 0 Å². The standard InChI is InChI=1S/C22H40N4O9/c1-13(20(31)26-10-4-6-15(26)21(32)33)25-19(30)14(23)5-2-3-8-24-9-7-22(34)11-16(28)18(29)17(12-27)35-22/h13-18,24,27-29,34H,2-12,23H2,1H3,(H,25,30)(H,32,33). The van der Waals surface area contributed by atoms with Gasteiger partial charge >= 0.3 is 5.97 Å². The lowest BCUT2D eigenvalue weighted by atomic mass is 9.94. The van der Waals surface area contributed by atoms with Crippen molar-refractivity contribution in [3.8, 4) is 0 Å². The van der Waals surface area contributed by atoms with Crippen molar-refractivity contribution in [3.63, 3.8) is 0 Å². The number of carbonyl (C=O) groups excluding carboxylic acids is 2. The summed E-state index contributed by atoms with van der Waals surface area (Å²) in [6, 6.07) is -2.53. The number of carboxylic acid groups (broad SMARTS) is 1. The fourth-order valence-corrected chi connectivity index (χ4v) is 4.47. The van der Waals surface area contributed by atoms with Crippen molar-refractivity contribution >= 4 is 17.8 Å². The normalized spacial score (nSPS) is 30.6. The van der Waals surface area contributed by atoms with E-state index in [1.165, 1.54) is 11.8 Å². The van der Waals surface area contributed by atoms with E-state index in [0.717, 1.165) is 0 Å². The van der Waals surface area contributed by atoms with Crippen LogP contribution in [0.1, 0.15) is 51.9 Å². The molecule has 0 aromatic carbocycles. The third-order valence-corrected chi connectivity index (χ3v) is 6.55. The van der Waals surface area contributed by atoms with Gasteiger partial charge in [0.15, 0.2) is 5.79 Å². The lowest BCUT2D eigenvalue weighted by Gasteiger charge is -2.42. The summed E-state index contributed by atoms with van der Waals surface area (Å²) in [5.41, 5.74) is 5.94. The third kappa shape index (κ3) is 8.34. The number of unbranched alkanes of at least 4 members (excludes halogenated alkanes) is 1. The first-order valence-corrected chi connectivity index (χ1v) is 12.2. The highest BCUT2D eigenvalue weighted by atomic mass is 16.6. The number of aliphatic hydroxyl groups excluding tert-OH is 3. The van der Waals surface area contributed by atoms with Gasteiger partial charge in [0.05, 0.1) is 18.8 Å². The summed E-state index contributed by atoms with van der Waals surface area (Å²) in [5.74, 6) is -3.60. The highest BCUT2D eigenvalue weighted by Crippen LogP contribution is 2.29. The Balaban J connectivity index is 1.61. The van der Waals surface area contributed by atoms with E-state index in [1.807, 2.05) is 0 Å². The Labute approximate surface area is 204 Å². The zero-order chi connectivity index (χ0) is 26.2. The quantitative estimate of drug-likeness (QED) is 0.120. The molecule has 2 aliphatic rings. The van der Waals surface area contributed by atoms with Crippen molar-refractivity contribution in [2.45, 2.75) is 94.1 Å². The number of likely N-dealkylation sites (tertiary alicyclic amines) is 1. The number of hydrogen-bond donors (Lipinski definition) is 8. The predicted octanol–water partition coefficient (Wildman–Crippen LogP) is -2.76. The highest BCUT2D eigenvalue weighted by molar-refractivity contribution is 5.91. The fourth-order valence-electron chi connectivity index (χ4n) is 4.47. The van der Waals surface area contributed by atoms with Crippen LogP contribution in [0.2, 0.25) is 0 Å². The molecule has 2 heterocycles. The average Bonchev–Trinajstić information content (AvgIpc) is 3.30. The summed E-state index contributed by atoms with van der Waals surface area (Å²) in [4.78, 5) is 37.4. The molecule has 9 N–H and O–H groups in total. The molecule has 0 spiro atoms. The zero-order valence-corrected chi connectivity index (χ0v) is 20.1. The Morgan fingerprint density at radius 3 is 2.60 bits per heavy atom. The summed E-state index contributed by atoms with van der Waals surface area (Å²) in [7, 11) is 0. The second-order valence-corrected chi connectivity index (χ2v) is 9.41. The van der Waals surface area contributed by atoms with Crippen LogP contribution in [0.3, 0.4) is 0 Å². The minimum Gasteiger partial charge on any atom is -0.480 e. The maximum atomic E-state index is 12.5. The number of nitrogens with zero attached hydrogens (tertiary/aromatic N) is 1. The van der Waals surface area contributed by atoms with Gasteiger partial charge in [-0.25, -0.2) is 4.79 Å². The van der Waals surface area contributed by atoms with Crippen LogP contribution in [0.15, 0.2) is 0 Å². The van der Waals surface area contributed by atoms with Crippen molar-refractivity contribution in [1.82, 2.24) is 15.5 Å². The van der Waals surface area contributed by atoms with Crippen LogP contribution in [-0.4, -0.2) is 117 Å². The van der Waals surface area contributed by atoms with E-state index >= 15 is 0 Å². The van der Waals surface area contributed by atoms with E-state index in [9.17, 15) is 39.9 Å². The van der Waals surface area contributed by atoms with E-state index in [2.05, 4.69) is 10.6 Å². The van der Waals surface area contributed by atoms with Crippen LogP contribution in [-0.2, 0) is 19.1 Å². The van der Waals surface area contributed by atoms with Gasteiger partial charge in [-0.15, -0.1) is 0 Å². The van der Waals surface area contributed by atoms with Crippen molar-refractivity contribution in [3.05, 3.63) is 0 Å². The third-order valence-electron chi connectivity index (χ3n) is 6.55. The SMILES string of the molecule is CC(NC(=O)C(N)CCCCNCCC1(O)CC(O)C(O)C(CO)O1)C(=O)N1CCCC1C(=O)O. The lowest BCUT2D eigenvalue weighted by molar-refractivity contribution is -0.306. The molecule has 0 radical (unpaired) electrons. The zero-order valence-electron chi connectivity index (χ0n) is 20.1. The van der Waals surface area contributed by atoms with Gasteiger partial charge in [-0.05, 0) is 39.2 Å². The largest absolute Gasteiger partial charge is 0.480 e. The van der Waals surface area contributed by atoms with Crippen molar-refractivity contribution < 1.29 is 44.7 Å². The number of carboxylic acids is 1. The molecule has 2 saturated heterocycles. The van der Waals surface area contributed by atoms with Crippen LogP contribution >= 0.6 is 0 Å². The van der Waals surface area contributed by atoms with Crippen molar-refractivity contribution in [2.24, 2.45) is 5.73 Å². The summed E-state index contributed by atoms with van der Waals surface area (Å²) in [6.07, 6.45) is -0.768. The van der Waals surface area contributed by atoms with Gasteiger partial charge < -0.3 is 51.5 Å². The Hall–Kier alpha value is -1.87. The number of carbonyl (C=O) groups is 3. The van der Waals surface area contributed by atoms with Crippen molar-refractivity contribution in [2.75, 3.05) is 26.2 Å². The second kappa shape index (κ2) is 13.4. The number of aliphatic carboxylic acids is 1. The van der Waals surface area contributed by atoms with Gasteiger partial charge in [0.1, 0.15) is 24.3 Å². The summed E-state index contributed by atoms with van der Waals surface area (Å²) >= 11 is 0.